The summed E-state index contributed by atoms with van der Waals surface area (Å²) >= 11 is 8.63. The first-order valence-electron chi connectivity index (χ1n) is 9.13. The van der Waals surface area contributed by atoms with E-state index >= 15 is 0 Å². The average molecular weight is 481 g/mol. The molecule has 1 aliphatic rings. The molecule has 0 radical (unpaired) electrons. The van der Waals surface area contributed by atoms with E-state index in [0.717, 1.165) is 27.1 Å². The van der Waals surface area contributed by atoms with Crippen molar-refractivity contribution >= 4 is 56.8 Å². The zero-order chi connectivity index (χ0) is 21.4. The number of amides is 2. The van der Waals surface area contributed by atoms with Gasteiger partial charge in [-0.1, -0.05) is 15.9 Å². The maximum Gasteiger partial charge on any atom is 0.270 e. The molecule has 6 nitrogen and oxygen atoms in total. The molecule has 1 saturated heterocycles. The fourth-order valence-electron chi connectivity index (χ4n) is 3.46. The fraction of sp³-hybridized carbons (Fsp3) is 0.0909. The Balaban J connectivity index is 1.76. The van der Waals surface area contributed by atoms with Crippen LogP contribution in [0.1, 0.15) is 17.0 Å². The Morgan fingerprint density at radius 1 is 1.03 bits per heavy atom. The smallest absolute Gasteiger partial charge is 0.270 e. The first-order chi connectivity index (χ1) is 14.4. The van der Waals surface area contributed by atoms with Gasteiger partial charge in [0.15, 0.2) is 5.11 Å². The summed E-state index contributed by atoms with van der Waals surface area (Å²) in [5, 5.41) is 2.68. The third kappa shape index (κ3) is 3.59. The third-order valence-corrected chi connectivity index (χ3v) is 5.69. The molecular formula is C22H17BrN4O2S. The van der Waals surface area contributed by atoms with Crippen LogP contribution in [0, 0.1) is 13.8 Å². The van der Waals surface area contributed by atoms with Gasteiger partial charge in [-0.05, 0) is 80.2 Å². The van der Waals surface area contributed by atoms with Crippen LogP contribution >= 0.6 is 28.1 Å². The number of nitrogens with zero attached hydrogens (tertiary/aromatic N) is 3. The van der Waals surface area contributed by atoms with Crippen LogP contribution in [0.25, 0.3) is 11.8 Å². The van der Waals surface area contributed by atoms with Gasteiger partial charge in [-0.3, -0.25) is 24.8 Å². The van der Waals surface area contributed by atoms with Crippen molar-refractivity contribution in [2.45, 2.75) is 13.8 Å². The molecule has 30 heavy (non-hydrogen) atoms. The predicted molar refractivity (Wildman–Crippen MR) is 123 cm³/mol. The number of anilines is 1. The molecule has 0 spiro atoms. The number of nitrogens with one attached hydrogen (secondary N) is 1. The molecule has 1 N–H and O–H groups in total. The Bertz CT molecular complexity index is 1200. The van der Waals surface area contributed by atoms with E-state index < -0.39 is 11.8 Å². The molecule has 1 aromatic carbocycles. The maximum atomic E-state index is 13.2. The van der Waals surface area contributed by atoms with Gasteiger partial charge in [0.2, 0.25) is 0 Å². The average Bonchev–Trinajstić information content (AvgIpc) is 3.00. The minimum atomic E-state index is -0.507. The van der Waals surface area contributed by atoms with E-state index in [-0.39, 0.29) is 10.7 Å². The second kappa shape index (κ2) is 7.97. The number of thiocarbonyl (C=S) groups is 1. The molecule has 0 aliphatic carbocycles. The first-order valence-corrected chi connectivity index (χ1v) is 10.3. The van der Waals surface area contributed by atoms with Crippen molar-refractivity contribution < 1.29 is 9.59 Å². The van der Waals surface area contributed by atoms with Crippen molar-refractivity contribution in [1.29, 1.82) is 0 Å². The molecule has 0 saturated carbocycles. The third-order valence-electron chi connectivity index (χ3n) is 4.88. The van der Waals surface area contributed by atoms with Crippen LogP contribution in [0.3, 0.4) is 0 Å². The van der Waals surface area contributed by atoms with E-state index in [1.807, 2.05) is 44.2 Å². The SMILES string of the molecule is Cc1cc(/C=C2/C(=O)NC(=S)N(c3ccc(Br)cc3)C2=O)c(C)n1-c1ccncc1. The number of halogens is 1. The summed E-state index contributed by atoms with van der Waals surface area (Å²) in [6, 6.07) is 12.9. The molecule has 2 aromatic heterocycles. The summed E-state index contributed by atoms with van der Waals surface area (Å²) in [5.74, 6) is -0.966. The van der Waals surface area contributed by atoms with Gasteiger partial charge in [-0.15, -0.1) is 0 Å². The molecule has 2 amide bonds. The van der Waals surface area contributed by atoms with Crippen molar-refractivity contribution in [3.05, 3.63) is 81.9 Å². The van der Waals surface area contributed by atoms with Gasteiger partial charge in [0.1, 0.15) is 5.57 Å². The van der Waals surface area contributed by atoms with E-state index in [2.05, 4.69) is 30.8 Å². The van der Waals surface area contributed by atoms with Gasteiger partial charge in [-0.2, -0.15) is 0 Å². The Morgan fingerprint density at radius 3 is 2.37 bits per heavy atom. The number of carbonyl (C=O) groups excluding carboxylic acids is 2. The minimum Gasteiger partial charge on any atom is -0.318 e. The number of hydrogen-bond acceptors (Lipinski definition) is 4. The number of pyridine rings is 1. The van der Waals surface area contributed by atoms with Crippen LogP contribution in [-0.2, 0) is 9.59 Å². The number of carbonyl (C=O) groups is 2. The van der Waals surface area contributed by atoms with Crippen molar-refractivity contribution in [2.24, 2.45) is 0 Å². The number of aryl methyl sites for hydroxylation is 1. The molecule has 150 valence electrons. The van der Waals surface area contributed by atoms with Crippen molar-refractivity contribution in [3.8, 4) is 5.69 Å². The van der Waals surface area contributed by atoms with E-state index in [1.165, 1.54) is 4.90 Å². The fourth-order valence-corrected chi connectivity index (χ4v) is 4.01. The highest BCUT2D eigenvalue weighted by Gasteiger charge is 2.34. The summed E-state index contributed by atoms with van der Waals surface area (Å²) in [4.78, 5) is 31.2. The summed E-state index contributed by atoms with van der Waals surface area (Å²) in [6.45, 7) is 3.92. The number of rotatable bonds is 3. The number of hydrogen-bond donors (Lipinski definition) is 1. The van der Waals surface area contributed by atoms with Crippen molar-refractivity contribution in [1.82, 2.24) is 14.9 Å². The zero-order valence-corrected chi connectivity index (χ0v) is 18.6. The lowest BCUT2D eigenvalue weighted by Gasteiger charge is -2.29. The van der Waals surface area contributed by atoms with Gasteiger partial charge in [0.25, 0.3) is 11.8 Å². The second-order valence-electron chi connectivity index (χ2n) is 6.80. The van der Waals surface area contributed by atoms with Crippen LogP contribution in [0.5, 0.6) is 0 Å². The first kappa shape index (κ1) is 20.2. The Hall–Kier alpha value is -3.10. The van der Waals surface area contributed by atoms with Crippen LogP contribution < -0.4 is 10.2 Å². The number of benzene rings is 1. The van der Waals surface area contributed by atoms with Crippen molar-refractivity contribution in [3.63, 3.8) is 0 Å². The van der Waals surface area contributed by atoms with E-state index in [9.17, 15) is 9.59 Å². The van der Waals surface area contributed by atoms with Crippen LogP contribution in [0.4, 0.5) is 5.69 Å². The van der Waals surface area contributed by atoms with Crippen LogP contribution in [0.15, 0.2) is 64.9 Å². The molecule has 1 fully saturated rings. The Morgan fingerprint density at radius 2 is 1.70 bits per heavy atom. The normalized spacial score (nSPS) is 15.6. The Kier molecular flexibility index (Phi) is 5.36. The lowest BCUT2D eigenvalue weighted by molar-refractivity contribution is -0.122. The van der Waals surface area contributed by atoms with Gasteiger partial charge < -0.3 is 4.57 Å². The lowest BCUT2D eigenvalue weighted by Crippen LogP contribution is -2.54. The molecule has 0 atom stereocenters. The van der Waals surface area contributed by atoms with Crippen LogP contribution in [-0.4, -0.2) is 26.5 Å². The molecule has 0 bridgehead atoms. The van der Waals surface area contributed by atoms with Gasteiger partial charge in [0.05, 0.1) is 5.69 Å². The minimum absolute atomic E-state index is 0.0292. The monoisotopic (exact) mass is 480 g/mol. The molecule has 0 unspecified atom stereocenters. The topological polar surface area (TPSA) is 67.2 Å². The lowest BCUT2D eigenvalue weighted by atomic mass is 10.1. The predicted octanol–water partition coefficient (Wildman–Crippen LogP) is 4.08. The number of aromatic nitrogens is 2. The standard InChI is InChI=1S/C22H17BrN4O2S/c1-13-11-15(14(2)26(13)18-7-9-24-10-8-18)12-19-20(28)25-22(30)27(21(19)29)17-5-3-16(23)4-6-17/h3-12H,1-2H3,(H,25,28,30)/b19-12-. The maximum absolute atomic E-state index is 13.2. The molecule has 3 aromatic rings. The summed E-state index contributed by atoms with van der Waals surface area (Å²) in [6.07, 6.45) is 5.06. The molecule has 4 rings (SSSR count). The summed E-state index contributed by atoms with van der Waals surface area (Å²) in [5.41, 5.74) is 4.25. The molecule has 1 aliphatic heterocycles. The molecule has 3 heterocycles. The molecular weight excluding hydrogens is 464 g/mol. The quantitative estimate of drug-likeness (QED) is 0.348. The van der Waals surface area contributed by atoms with Gasteiger partial charge in [-0.25, -0.2) is 0 Å². The zero-order valence-electron chi connectivity index (χ0n) is 16.2. The molecule has 8 heteroatoms. The summed E-state index contributed by atoms with van der Waals surface area (Å²) < 4.78 is 2.93. The van der Waals surface area contributed by atoms with Crippen molar-refractivity contribution in [2.75, 3.05) is 4.90 Å². The van der Waals surface area contributed by atoms with Gasteiger partial charge in [0, 0.05) is 33.9 Å². The summed E-state index contributed by atoms with van der Waals surface area (Å²) in [7, 11) is 0. The largest absolute Gasteiger partial charge is 0.318 e. The highest BCUT2D eigenvalue weighted by molar-refractivity contribution is 9.10. The second-order valence-corrected chi connectivity index (χ2v) is 8.10. The highest BCUT2D eigenvalue weighted by atomic mass is 79.9. The Labute approximate surface area is 187 Å². The van der Waals surface area contributed by atoms with Gasteiger partial charge >= 0.3 is 0 Å². The van der Waals surface area contributed by atoms with Crippen LogP contribution in [0.2, 0.25) is 0 Å². The highest BCUT2D eigenvalue weighted by Crippen LogP contribution is 2.26. The van der Waals surface area contributed by atoms with E-state index in [0.29, 0.717) is 5.69 Å². The van der Waals surface area contributed by atoms with E-state index in [1.54, 1.807) is 30.6 Å². The van der Waals surface area contributed by atoms with E-state index in [4.69, 9.17) is 12.2 Å².